The molecule has 0 aromatic heterocycles. The van der Waals surface area contributed by atoms with Gasteiger partial charge in [0.05, 0.1) is 0 Å². The summed E-state index contributed by atoms with van der Waals surface area (Å²) in [5, 5.41) is 0. The van der Waals surface area contributed by atoms with Crippen LogP contribution in [0.3, 0.4) is 0 Å². The van der Waals surface area contributed by atoms with E-state index in [-0.39, 0.29) is 17.5 Å². The lowest BCUT2D eigenvalue weighted by Crippen LogP contribution is -2.47. The van der Waals surface area contributed by atoms with Crippen molar-refractivity contribution in [2.45, 2.75) is 64.9 Å². The summed E-state index contributed by atoms with van der Waals surface area (Å²) in [7, 11) is 0. The van der Waals surface area contributed by atoms with Crippen LogP contribution in [0.1, 0.15) is 63.5 Å². The molecule has 0 unspecified atom stereocenters. The van der Waals surface area contributed by atoms with E-state index in [0.29, 0.717) is 11.8 Å². The lowest BCUT2D eigenvalue weighted by molar-refractivity contribution is -0.155. The number of rotatable bonds is 1. The summed E-state index contributed by atoms with van der Waals surface area (Å²) in [5.74, 6) is 2.79. The first-order chi connectivity index (χ1) is 11.0. The Morgan fingerprint density at radius 3 is 2.78 bits per heavy atom. The molecule has 124 valence electrons. The average molecular weight is 312 g/mol. The lowest BCUT2D eigenvalue weighted by Gasteiger charge is -2.52. The van der Waals surface area contributed by atoms with Gasteiger partial charge in [-0.25, -0.2) is 0 Å². The summed E-state index contributed by atoms with van der Waals surface area (Å²) < 4.78 is 5.73. The van der Waals surface area contributed by atoms with Gasteiger partial charge in [0, 0.05) is 12.3 Å². The van der Waals surface area contributed by atoms with Gasteiger partial charge in [0.2, 0.25) is 0 Å². The normalized spacial score (nSPS) is 41.6. The number of esters is 1. The summed E-state index contributed by atoms with van der Waals surface area (Å²) >= 11 is 0. The van der Waals surface area contributed by atoms with Crippen LogP contribution in [0.25, 0.3) is 0 Å². The number of benzene rings is 1. The molecular weight excluding hydrogens is 284 g/mol. The van der Waals surface area contributed by atoms with Crippen LogP contribution in [-0.2, 0) is 16.0 Å². The monoisotopic (exact) mass is 312 g/mol. The minimum Gasteiger partial charge on any atom is -0.462 e. The highest BCUT2D eigenvalue weighted by molar-refractivity contribution is 5.66. The number of fused-ring (bicyclic) bond motifs is 5. The Kier molecular flexibility index (Phi) is 3.55. The molecule has 0 bridgehead atoms. The van der Waals surface area contributed by atoms with E-state index in [1.54, 1.807) is 18.1 Å². The third-order valence-corrected chi connectivity index (χ3v) is 7.21. The van der Waals surface area contributed by atoms with E-state index in [4.69, 9.17) is 4.74 Å². The van der Waals surface area contributed by atoms with Crippen LogP contribution in [-0.4, -0.2) is 12.1 Å². The van der Waals surface area contributed by atoms with Gasteiger partial charge in [0.1, 0.15) is 6.10 Å². The standard InChI is InChI=1S/C21H28O2/c1-13-12-15-6-4-5-7-16(15)17-10-11-21(3)18(20(13)17)8-9-19(21)23-14(2)22/h4-7,13,17-20H,8-12H2,1-3H3/t13-,17-,18+,19+,20-,21+/m1/s1. The Balaban J connectivity index is 1.68. The zero-order chi connectivity index (χ0) is 16.2. The van der Waals surface area contributed by atoms with Gasteiger partial charge in [-0.05, 0) is 66.9 Å². The van der Waals surface area contributed by atoms with Crippen molar-refractivity contribution in [2.24, 2.45) is 23.2 Å². The third-order valence-electron chi connectivity index (χ3n) is 7.21. The van der Waals surface area contributed by atoms with Crippen LogP contribution in [0.4, 0.5) is 0 Å². The van der Waals surface area contributed by atoms with E-state index in [2.05, 4.69) is 38.1 Å². The summed E-state index contributed by atoms with van der Waals surface area (Å²) in [4.78, 5) is 11.5. The molecule has 0 heterocycles. The maximum atomic E-state index is 11.5. The smallest absolute Gasteiger partial charge is 0.302 e. The van der Waals surface area contributed by atoms with Crippen LogP contribution in [0.5, 0.6) is 0 Å². The molecule has 2 saturated carbocycles. The van der Waals surface area contributed by atoms with Gasteiger partial charge >= 0.3 is 5.97 Å². The van der Waals surface area contributed by atoms with E-state index in [1.807, 2.05) is 0 Å². The molecule has 2 fully saturated rings. The number of carbonyl (C=O) groups is 1. The Hall–Kier alpha value is -1.31. The molecule has 1 aromatic rings. The van der Waals surface area contributed by atoms with E-state index in [1.165, 1.54) is 25.7 Å². The van der Waals surface area contributed by atoms with Crippen molar-refractivity contribution in [2.75, 3.05) is 0 Å². The van der Waals surface area contributed by atoms with E-state index < -0.39 is 0 Å². The fourth-order valence-corrected chi connectivity index (χ4v) is 6.26. The van der Waals surface area contributed by atoms with E-state index in [0.717, 1.165) is 18.3 Å². The van der Waals surface area contributed by atoms with Crippen LogP contribution in [0.2, 0.25) is 0 Å². The van der Waals surface area contributed by atoms with Gasteiger partial charge in [0.15, 0.2) is 0 Å². The van der Waals surface area contributed by atoms with Crippen molar-refractivity contribution >= 4 is 5.97 Å². The van der Waals surface area contributed by atoms with Gasteiger partial charge in [-0.15, -0.1) is 0 Å². The molecular formula is C21H28O2. The molecule has 0 saturated heterocycles. The molecule has 0 N–H and O–H groups in total. The largest absolute Gasteiger partial charge is 0.462 e. The van der Waals surface area contributed by atoms with Crippen molar-refractivity contribution in [3.05, 3.63) is 35.4 Å². The molecule has 0 radical (unpaired) electrons. The van der Waals surface area contributed by atoms with E-state index in [9.17, 15) is 4.79 Å². The van der Waals surface area contributed by atoms with Crippen molar-refractivity contribution in [3.8, 4) is 0 Å². The highest BCUT2D eigenvalue weighted by atomic mass is 16.5. The maximum Gasteiger partial charge on any atom is 0.302 e. The highest BCUT2D eigenvalue weighted by Crippen LogP contribution is 2.62. The first-order valence-corrected chi connectivity index (χ1v) is 9.25. The second-order valence-electron chi connectivity index (χ2n) is 8.39. The Bertz CT molecular complexity index is 622. The number of hydrogen-bond acceptors (Lipinski definition) is 2. The Labute approximate surface area is 139 Å². The lowest BCUT2D eigenvalue weighted by atomic mass is 9.53. The van der Waals surface area contributed by atoms with Crippen LogP contribution >= 0.6 is 0 Å². The maximum absolute atomic E-state index is 11.5. The summed E-state index contributed by atoms with van der Waals surface area (Å²) in [6.45, 7) is 6.39. The predicted octanol–water partition coefficient (Wildman–Crippen LogP) is 4.72. The summed E-state index contributed by atoms with van der Waals surface area (Å²) in [6, 6.07) is 9.08. The molecule has 0 aliphatic heterocycles. The minimum atomic E-state index is -0.110. The summed E-state index contributed by atoms with van der Waals surface area (Å²) in [6.07, 6.45) is 6.06. The van der Waals surface area contributed by atoms with Gasteiger partial charge < -0.3 is 4.74 Å². The van der Waals surface area contributed by atoms with Crippen LogP contribution in [0.15, 0.2) is 24.3 Å². The third kappa shape index (κ3) is 2.25. The second-order valence-corrected chi connectivity index (χ2v) is 8.39. The Morgan fingerprint density at radius 2 is 2.00 bits per heavy atom. The fraction of sp³-hybridized carbons (Fsp3) is 0.667. The Morgan fingerprint density at radius 1 is 1.22 bits per heavy atom. The van der Waals surface area contributed by atoms with Gasteiger partial charge in [-0.1, -0.05) is 38.1 Å². The predicted molar refractivity (Wildman–Crippen MR) is 91.2 cm³/mol. The molecule has 0 amide bonds. The molecule has 0 spiro atoms. The molecule has 23 heavy (non-hydrogen) atoms. The topological polar surface area (TPSA) is 26.3 Å². The molecule has 2 nitrogen and oxygen atoms in total. The zero-order valence-electron chi connectivity index (χ0n) is 14.5. The van der Waals surface area contributed by atoms with Crippen molar-refractivity contribution in [1.82, 2.24) is 0 Å². The highest BCUT2D eigenvalue weighted by Gasteiger charge is 2.57. The van der Waals surface area contributed by atoms with Crippen LogP contribution < -0.4 is 0 Å². The van der Waals surface area contributed by atoms with Crippen molar-refractivity contribution < 1.29 is 9.53 Å². The van der Waals surface area contributed by atoms with Gasteiger partial charge in [-0.2, -0.15) is 0 Å². The molecule has 6 atom stereocenters. The second kappa shape index (κ2) is 5.36. The zero-order valence-corrected chi connectivity index (χ0v) is 14.5. The van der Waals surface area contributed by atoms with E-state index >= 15 is 0 Å². The van der Waals surface area contributed by atoms with Gasteiger partial charge in [0.25, 0.3) is 0 Å². The van der Waals surface area contributed by atoms with Crippen LogP contribution in [0, 0.1) is 23.2 Å². The summed E-state index contributed by atoms with van der Waals surface area (Å²) in [5.41, 5.74) is 3.36. The minimum absolute atomic E-state index is 0.110. The number of ether oxygens (including phenoxy) is 1. The van der Waals surface area contributed by atoms with Gasteiger partial charge in [-0.3, -0.25) is 4.79 Å². The number of hydrogen-bond donors (Lipinski definition) is 0. The van der Waals surface area contributed by atoms with Crippen molar-refractivity contribution in [1.29, 1.82) is 0 Å². The first kappa shape index (κ1) is 15.2. The molecule has 3 aliphatic rings. The SMILES string of the molecule is CC(=O)O[C@H]1CC[C@H]2[C@@H]3[C@H](C)Cc4ccccc4[C@H]3CC[C@]12C. The first-order valence-electron chi connectivity index (χ1n) is 9.25. The molecule has 2 heteroatoms. The fourth-order valence-electron chi connectivity index (χ4n) is 6.26. The molecule has 4 rings (SSSR count). The quantitative estimate of drug-likeness (QED) is 0.701. The molecule has 3 aliphatic carbocycles. The number of carbonyl (C=O) groups excluding carboxylic acids is 1. The average Bonchev–Trinajstić information content (AvgIpc) is 2.83. The van der Waals surface area contributed by atoms with Crippen molar-refractivity contribution in [3.63, 3.8) is 0 Å². The molecule has 1 aromatic carbocycles.